The Bertz CT molecular complexity index is 659. The Labute approximate surface area is 112 Å². The average Bonchev–Trinajstić information content (AvgIpc) is 2.75. The second-order valence-electron chi connectivity index (χ2n) is 4.77. The molecule has 0 radical (unpaired) electrons. The maximum atomic E-state index is 11.1. The second-order valence-corrected chi connectivity index (χ2v) is 6.33. The van der Waals surface area contributed by atoms with E-state index in [-0.39, 0.29) is 4.90 Å². The van der Waals surface area contributed by atoms with Crippen molar-refractivity contribution in [3.8, 4) is 11.4 Å². The second kappa shape index (κ2) is 5.10. The Hall–Kier alpha value is -1.73. The highest BCUT2D eigenvalue weighted by molar-refractivity contribution is 7.89. The lowest BCUT2D eigenvalue weighted by Gasteiger charge is -1.99. The maximum absolute atomic E-state index is 11.1. The number of hydrogen-bond acceptors (Lipinski definition) is 4. The van der Waals surface area contributed by atoms with Crippen molar-refractivity contribution in [1.82, 2.24) is 15.2 Å². The van der Waals surface area contributed by atoms with Crippen molar-refractivity contribution in [3.63, 3.8) is 0 Å². The van der Waals surface area contributed by atoms with Gasteiger partial charge in [-0.2, -0.15) is 5.10 Å². The fraction of sp³-hybridized carbons (Fsp3) is 0.333. The number of hydrogen-bond donors (Lipinski definition) is 2. The Morgan fingerprint density at radius 1 is 1.26 bits per heavy atom. The molecule has 2 aromatic rings. The minimum atomic E-state index is -3.66. The number of H-pyrrole nitrogens is 1. The van der Waals surface area contributed by atoms with Crippen LogP contribution < -0.4 is 5.14 Å². The largest absolute Gasteiger partial charge is 0.263 e. The van der Waals surface area contributed by atoms with E-state index in [1.165, 1.54) is 12.1 Å². The lowest BCUT2D eigenvalue weighted by Crippen LogP contribution is -2.11. The van der Waals surface area contributed by atoms with E-state index in [1.54, 1.807) is 12.1 Å². The van der Waals surface area contributed by atoms with Crippen molar-refractivity contribution in [2.75, 3.05) is 0 Å². The van der Waals surface area contributed by atoms with Crippen molar-refractivity contribution in [2.45, 2.75) is 25.2 Å². The van der Waals surface area contributed by atoms with Gasteiger partial charge in [0.15, 0.2) is 5.82 Å². The van der Waals surface area contributed by atoms with Crippen molar-refractivity contribution < 1.29 is 8.42 Å². The minimum Gasteiger partial charge on any atom is -0.263 e. The van der Waals surface area contributed by atoms with Gasteiger partial charge in [-0.3, -0.25) is 5.10 Å². The fourth-order valence-electron chi connectivity index (χ4n) is 1.70. The summed E-state index contributed by atoms with van der Waals surface area (Å²) in [4.78, 5) is 4.44. The lowest BCUT2D eigenvalue weighted by molar-refractivity contribution is 0.598. The number of nitrogens with zero attached hydrogens (tertiary/aromatic N) is 2. The third kappa shape index (κ3) is 3.39. The van der Waals surface area contributed by atoms with Crippen LogP contribution in [0.3, 0.4) is 0 Å². The summed E-state index contributed by atoms with van der Waals surface area (Å²) < 4.78 is 22.3. The van der Waals surface area contributed by atoms with Crippen LogP contribution in [0.15, 0.2) is 29.2 Å². The molecule has 19 heavy (non-hydrogen) atoms. The van der Waals surface area contributed by atoms with Gasteiger partial charge in [-0.05, 0) is 30.2 Å². The molecule has 102 valence electrons. The molecule has 0 aliphatic heterocycles. The van der Waals surface area contributed by atoms with E-state index in [0.717, 1.165) is 17.8 Å². The van der Waals surface area contributed by atoms with E-state index in [4.69, 9.17) is 5.14 Å². The molecule has 7 heteroatoms. The quantitative estimate of drug-likeness (QED) is 0.881. The van der Waals surface area contributed by atoms with Gasteiger partial charge in [-0.25, -0.2) is 18.5 Å². The summed E-state index contributed by atoms with van der Waals surface area (Å²) in [7, 11) is -3.66. The van der Waals surface area contributed by atoms with E-state index in [2.05, 4.69) is 29.0 Å². The number of primary sulfonamides is 1. The van der Waals surface area contributed by atoms with Crippen LogP contribution in [0.2, 0.25) is 0 Å². The summed E-state index contributed by atoms with van der Waals surface area (Å²) in [6, 6.07) is 6.18. The highest BCUT2D eigenvalue weighted by atomic mass is 32.2. The van der Waals surface area contributed by atoms with E-state index in [1.807, 2.05) is 0 Å². The monoisotopic (exact) mass is 280 g/mol. The van der Waals surface area contributed by atoms with E-state index < -0.39 is 10.0 Å². The summed E-state index contributed by atoms with van der Waals surface area (Å²) in [6.45, 7) is 4.20. The van der Waals surface area contributed by atoms with Crippen LogP contribution in [0.4, 0.5) is 0 Å². The summed E-state index contributed by atoms with van der Waals surface area (Å²) >= 11 is 0. The topological polar surface area (TPSA) is 102 Å². The molecular formula is C12H16N4O2S. The van der Waals surface area contributed by atoms with Gasteiger partial charge in [0, 0.05) is 12.0 Å². The molecule has 3 N–H and O–H groups in total. The minimum absolute atomic E-state index is 0.0780. The first-order chi connectivity index (χ1) is 8.86. The van der Waals surface area contributed by atoms with Gasteiger partial charge in [0.1, 0.15) is 5.82 Å². The Balaban J connectivity index is 2.25. The van der Waals surface area contributed by atoms with Gasteiger partial charge in [0.2, 0.25) is 10.0 Å². The van der Waals surface area contributed by atoms with Gasteiger partial charge in [0.05, 0.1) is 4.90 Å². The zero-order valence-electron chi connectivity index (χ0n) is 10.8. The van der Waals surface area contributed by atoms with Gasteiger partial charge in [-0.15, -0.1) is 0 Å². The first-order valence-corrected chi connectivity index (χ1v) is 7.45. The SMILES string of the molecule is CC(C)Cc1nc(-c2ccc(S(N)(=O)=O)cc2)n[nH]1. The van der Waals surface area contributed by atoms with Crippen molar-refractivity contribution in [1.29, 1.82) is 0 Å². The number of nitrogens with two attached hydrogens (primary N) is 1. The molecule has 0 atom stereocenters. The number of sulfonamides is 1. The molecule has 1 aromatic carbocycles. The number of aromatic amines is 1. The first kappa shape index (κ1) is 13.7. The predicted octanol–water partition coefficient (Wildman–Crippen LogP) is 1.32. The van der Waals surface area contributed by atoms with E-state index in [0.29, 0.717) is 11.7 Å². The molecule has 1 heterocycles. The fourth-order valence-corrected chi connectivity index (χ4v) is 2.21. The molecule has 0 bridgehead atoms. The highest BCUT2D eigenvalue weighted by Gasteiger charge is 2.10. The number of rotatable bonds is 4. The maximum Gasteiger partial charge on any atom is 0.238 e. The third-order valence-electron chi connectivity index (χ3n) is 2.57. The molecule has 0 saturated carbocycles. The molecular weight excluding hydrogens is 264 g/mol. The van der Waals surface area contributed by atoms with Crippen LogP contribution in [0.25, 0.3) is 11.4 Å². The number of aromatic nitrogens is 3. The van der Waals surface area contributed by atoms with Gasteiger partial charge >= 0.3 is 0 Å². The van der Waals surface area contributed by atoms with E-state index in [9.17, 15) is 8.42 Å². The van der Waals surface area contributed by atoms with Gasteiger partial charge < -0.3 is 0 Å². The van der Waals surface area contributed by atoms with Crippen LogP contribution in [0, 0.1) is 5.92 Å². The molecule has 2 rings (SSSR count). The Kier molecular flexibility index (Phi) is 3.68. The van der Waals surface area contributed by atoms with Crippen molar-refractivity contribution in [2.24, 2.45) is 11.1 Å². The first-order valence-electron chi connectivity index (χ1n) is 5.91. The third-order valence-corrected chi connectivity index (χ3v) is 3.50. The Morgan fingerprint density at radius 3 is 2.42 bits per heavy atom. The summed E-state index contributed by atoms with van der Waals surface area (Å²) in [5, 5.41) is 12.0. The zero-order valence-corrected chi connectivity index (χ0v) is 11.6. The molecule has 0 unspecified atom stereocenters. The molecule has 0 fully saturated rings. The molecule has 0 saturated heterocycles. The zero-order chi connectivity index (χ0) is 14.0. The number of benzene rings is 1. The van der Waals surface area contributed by atoms with Gasteiger partial charge in [0.25, 0.3) is 0 Å². The van der Waals surface area contributed by atoms with E-state index >= 15 is 0 Å². The van der Waals surface area contributed by atoms with Crippen molar-refractivity contribution in [3.05, 3.63) is 30.1 Å². The normalized spacial score (nSPS) is 12.0. The molecule has 1 aromatic heterocycles. The highest BCUT2D eigenvalue weighted by Crippen LogP contribution is 2.17. The summed E-state index contributed by atoms with van der Waals surface area (Å²) in [5.74, 6) is 1.86. The molecule has 6 nitrogen and oxygen atoms in total. The molecule has 0 spiro atoms. The summed E-state index contributed by atoms with van der Waals surface area (Å²) in [5.41, 5.74) is 0.749. The molecule has 0 aliphatic carbocycles. The van der Waals surface area contributed by atoms with Crippen LogP contribution in [0.5, 0.6) is 0 Å². The smallest absolute Gasteiger partial charge is 0.238 e. The average molecular weight is 280 g/mol. The summed E-state index contributed by atoms with van der Waals surface area (Å²) in [6.07, 6.45) is 0.822. The van der Waals surface area contributed by atoms with Gasteiger partial charge in [-0.1, -0.05) is 13.8 Å². The lowest BCUT2D eigenvalue weighted by atomic mass is 10.1. The van der Waals surface area contributed by atoms with Crippen LogP contribution in [-0.2, 0) is 16.4 Å². The number of nitrogens with one attached hydrogen (secondary N) is 1. The molecule has 0 aliphatic rings. The Morgan fingerprint density at radius 2 is 1.89 bits per heavy atom. The van der Waals surface area contributed by atoms with Crippen molar-refractivity contribution >= 4 is 10.0 Å². The predicted molar refractivity (Wildman–Crippen MR) is 71.7 cm³/mol. The van der Waals surface area contributed by atoms with Crippen LogP contribution in [-0.4, -0.2) is 23.6 Å². The van der Waals surface area contributed by atoms with Crippen LogP contribution in [0.1, 0.15) is 19.7 Å². The standard InChI is InChI=1S/C12H16N4O2S/c1-8(2)7-11-14-12(16-15-11)9-3-5-10(6-4-9)19(13,17)18/h3-6,8H,7H2,1-2H3,(H2,13,17,18)(H,14,15,16). The van der Waals surface area contributed by atoms with Crippen LogP contribution >= 0.6 is 0 Å². The molecule has 0 amide bonds.